The summed E-state index contributed by atoms with van der Waals surface area (Å²) in [6.07, 6.45) is 0. The summed E-state index contributed by atoms with van der Waals surface area (Å²) in [5, 5.41) is 7.36. The number of hydrazine groups is 1. The lowest BCUT2D eigenvalue weighted by Gasteiger charge is -1.94. The third-order valence-electron chi connectivity index (χ3n) is 1.94. The molecule has 0 radical (unpaired) electrons. The van der Waals surface area contributed by atoms with Crippen molar-refractivity contribution < 1.29 is 9.21 Å². The Bertz CT molecular complexity index is 521. The highest BCUT2D eigenvalue weighted by molar-refractivity contribution is 7.98. The van der Waals surface area contributed by atoms with Gasteiger partial charge in [0.15, 0.2) is 5.76 Å². The van der Waals surface area contributed by atoms with Crippen LogP contribution in [0.2, 0.25) is 0 Å². The van der Waals surface area contributed by atoms with E-state index in [1.807, 2.05) is 12.3 Å². The van der Waals surface area contributed by atoms with Gasteiger partial charge in [-0.1, -0.05) is 11.8 Å². The highest BCUT2D eigenvalue weighted by atomic mass is 32.2. The lowest BCUT2D eigenvalue weighted by Crippen LogP contribution is -2.29. The van der Waals surface area contributed by atoms with Crippen LogP contribution in [0.5, 0.6) is 0 Å². The summed E-state index contributed by atoms with van der Waals surface area (Å²) in [6, 6.07) is 3.29. The molecule has 0 spiro atoms. The molecular weight excluding hydrogens is 242 g/mol. The smallest absolute Gasteiger partial charge is 0.300 e. The Morgan fingerprint density at radius 3 is 3.12 bits per heavy atom. The van der Waals surface area contributed by atoms with E-state index in [0.717, 1.165) is 5.82 Å². The first-order chi connectivity index (χ1) is 8.19. The van der Waals surface area contributed by atoms with Gasteiger partial charge in [0, 0.05) is 0 Å². The first-order valence-corrected chi connectivity index (χ1v) is 5.79. The van der Waals surface area contributed by atoms with Crippen molar-refractivity contribution in [1.82, 2.24) is 20.6 Å². The van der Waals surface area contributed by atoms with Crippen LogP contribution >= 0.6 is 11.8 Å². The Balaban J connectivity index is 1.95. The molecule has 2 heterocycles. The van der Waals surface area contributed by atoms with E-state index in [2.05, 4.69) is 15.2 Å². The van der Waals surface area contributed by atoms with Crippen LogP contribution in [0.15, 0.2) is 21.7 Å². The predicted molar refractivity (Wildman–Crippen MR) is 61.0 cm³/mol. The molecule has 0 aliphatic heterocycles. The molecule has 0 aliphatic rings. The molecule has 0 aliphatic carbocycles. The standard InChI is InChI=1S/C9H11N5O2S/c1-5-11-9(14-13-5)17-4-6-2-3-7(16-6)8(15)12-10/h2-3H,4,10H2,1H3,(H,12,15)(H,11,13,14). The molecule has 90 valence electrons. The van der Waals surface area contributed by atoms with Crippen LogP contribution in [0.25, 0.3) is 0 Å². The Labute approximate surface area is 101 Å². The van der Waals surface area contributed by atoms with Gasteiger partial charge >= 0.3 is 5.91 Å². The highest BCUT2D eigenvalue weighted by Gasteiger charge is 2.10. The number of nitrogens with two attached hydrogens (primary N) is 1. The van der Waals surface area contributed by atoms with Crippen LogP contribution < -0.4 is 11.3 Å². The predicted octanol–water partition coefficient (Wildman–Crippen LogP) is 0.602. The topological polar surface area (TPSA) is 110 Å². The van der Waals surface area contributed by atoms with Crippen molar-refractivity contribution in [2.45, 2.75) is 17.8 Å². The number of nitrogens with zero attached hydrogens (tertiary/aromatic N) is 2. The molecule has 0 saturated carbocycles. The molecule has 4 N–H and O–H groups in total. The maximum absolute atomic E-state index is 11.1. The van der Waals surface area contributed by atoms with Gasteiger partial charge in [-0.3, -0.25) is 15.3 Å². The number of hydrogen-bond donors (Lipinski definition) is 3. The largest absolute Gasteiger partial charge is 0.455 e. The van der Waals surface area contributed by atoms with Gasteiger partial charge in [0.25, 0.3) is 0 Å². The zero-order chi connectivity index (χ0) is 12.3. The monoisotopic (exact) mass is 253 g/mol. The SMILES string of the molecule is Cc1nc(SCc2ccc(C(=O)NN)o2)n[nH]1. The molecule has 2 aromatic rings. The van der Waals surface area contributed by atoms with Gasteiger partial charge in [-0.15, -0.1) is 5.10 Å². The minimum absolute atomic E-state index is 0.189. The number of H-pyrrole nitrogens is 1. The molecule has 0 fully saturated rings. The number of carbonyl (C=O) groups excluding carboxylic acids is 1. The second-order valence-electron chi connectivity index (χ2n) is 3.23. The molecule has 0 aromatic carbocycles. The van der Waals surface area contributed by atoms with Gasteiger partial charge in [-0.05, 0) is 19.1 Å². The number of rotatable bonds is 4. The van der Waals surface area contributed by atoms with Gasteiger partial charge in [0.05, 0.1) is 5.75 Å². The van der Waals surface area contributed by atoms with E-state index in [1.54, 1.807) is 12.1 Å². The van der Waals surface area contributed by atoms with Crippen molar-refractivity contribution in [3.8, 4) is 0 Å². The summed E-state index contributed by atoms with van der Waals surface area (Å²) in [7, 11) is 0. The number of nitrogens with one attached hydrogen (secondary N) is 2. The number of amides is 1. The van der Waals surface area contributed by atoms with Crippen molar-refractivity contribution >= 4 is 17.7 Å². The molecule has 0 unspecified atom stereocenters. The lowest BCUT2D eigenvalue weighted by atomic mass is 10.4. The van der Waals surface area contributed by atoms with Gasteiger partial charge in [0.2, 0.25) is 5.16 Å². The van der Waals surface area contributed by atoms with E-state index < -0.39 is 5.91 Å². The van der Waals surface area contributed by atoms with E-state index in [1.165, 1.54) is 11.8 Å². The van der Waals surface area contributed by atoms with Crippen LogP contribution in [-0.4, -0.2) is 21.1 Å². The lowest BCUT2D eigenvalue weighted by molar-refractivity contribution is 0.0924. The summed E-state index contributed by atoms with van der Waals surface area (Å²) in [6.45, 7) is 1.83. The number of hydrogen-bond acceptors (Lipinski definition) is 6. The number of nitrogen functional groups attached to an aromatic ring is 1. The Hall–Kier alpha value is -1.80. The quantitative estimate of drug-likeness (QED) is 0.318. The van der Waals surface area contributed by atoms with Crippen LogP contribution in [-0.2, 0) is 5.75 Å². The number of aryl methyl sites for hydroxylation is 1. The van der Waals surface area contributed by atoms with Gasteiger partial charge in [-0.2, -0.15) is 0 Å². The van der Waals surface area contributed by atoms with Gasteiger partial charge < -0.3 is 4.42 Å². The van der Waals surface area contributed by atoms with Crippen molar-refractivity contribution in [1.29, 1.82) is 0 Å². The molecule has 0 bridgehead atoms. The van der Waals surface area contributed by atoms with E-state index in [4.69, 9.17) is 10.3 Å². The number of aromatic amines is 1. The van der Waals surface area contributed by atoms with Crippen molar-refractivity contribution in [2.75, 3.05) is 0 Å². The molecule has 2 rings (SSSR count). The number of aromatic nitrogens is 3. The fraction of sp³-hybridized carbons (Fsp3) is 0.222. The summed E-state index contributed by atoms with van der Waals surface area (Å²) < 4.78 is 5.29. The fourth-order valence-corrected chi connectivity index (χ4v) is 1.91. The van der Waals surface area contributed by atoms with E-state index >= 15 is 0 Å². The maximum Gasteiger partial charge on any atom is 0.300 e. The molecule has 0 saturated heterocycles. The second-order valence-corrected chi connectivity index (χ2v) is 4.17. The zero-order valence-corrected chi connectivity index (χ0v) is 9.87. The Kier molecular flexibility index (Phi) is 3.45. The molecule has 1 amide bonds. The number of thioether (sulfide) groups is 1. The molecule has 8 heteroatoms. The van der Waals surface area contributed by atoms with Gasteiger partial charge in [0.1, 0.15) is 11.6 Å². The average molecular weight is 253 g/mol. The van der Waals surface area contributed by atoms with Crippen molar-refractivity contribution in [3.63, 3.8) is 0 Å². The van der Waals surface area contributed by atoms with Crippen LogP contribution in [0, 0.1) is 6.92 Å². The maximum atomic E-state index is 11.1. The normalized spacial score (nSPS) is 10.5. The first-order valence-electron chi connectivity index (χ1n) is 4.80. The molecule has 7 nitrogen and oxygen atoms in total. The average Bonchev–Trinajstić information content (AvgIpc) is 2.94. The summed E-state index contributed by atoms with van der Waals surface area (Å²) in [4.78, 5) is 15.3. The van der Waals surface area contributed by atoms with Gasteiger partial charge in [-0.25, -0.2) is 10.8 Å². The number of furan rings is 1. The zero-order valence-electron chi connectivity index (χ0n) is 9.06. The Morgan fingerprint density at radius 2 is 2.47 bits per heavy atom. The minimum Gasteiger partial charge on any atom is -0.455 e. The first kappa shape index (κ1) is 11.7. The van der Waals surface area contributed by atoms with E-state index in [-0.39, 0.29) is 5.76 Å². The summed E-state index contributed by atoms with van der Waals surface area (Å²) >= 11 is 1.42. The van der Waals surface area contributed by atoms with Crippen LogP contribution in [0.4, 0.5) is 0 Å². The van der Waals surface area contributed by atoms with E-state index in [0.29, 0.717) is 16.7 Å². The summed E-state index contributed by atoms with van der Waals surface area (Å²) in [5.74, 6) is 6.71. The molecule has 0 atom stereocenters. The Morgan fingerprint density at radius 1 is 1.65 bits per heavy atom. The van der Waals surface area contributed by atoms with Crippen molar-refractivity contribution in [3.05, 3.63) is 29.5 Å². The van der Waals surface area contributed by atoms with Crippen LogP contribution in [0.1, 0.15) is 22.1 Å². The van der Waals surface area contributed by atoms with Crippen LogP contribution in [0.3, 0.4) is 0 Å². The highest BCUT2D eigenvalue weighted by Crippen LogP contribution is 2.20. The summed E-state index contributed by atoms with van der Waals surface area (Å²) in [5.41, 5.74) is 2.00. The fourth-order valence-electron chi connectivity index (χ4n) is 1.17. The third-order valence-corrected chi connectivity index (χ3v) is 2.81. The second kappa shape index (κ2) is 5.02. The molecule has 17 heavy (non-hydrogen) atoms. The third kappa shape index (κ3) is 2.86. The molecular formula is C9H11N5O2S. The minimum atomic E-state index is -0.449. The van der Waals surface area contributed by atoms with E-state index in [9.17, 15) is 4.79 Å². The molecule has 2 aromatic heterocycles. The number of carbonyl (C=O) groups is 1. The van der Waals surface area contributed by atoms with Crippen molar-refractivity contribution in [2.24, 2.45) is 5.84 Å².